The zero-order valence-corrected chi connectivity index (χ0v) is 17.8. The van der Waals surface area contributed by atoms with Gasteiger partial charge in [-0.25, -0.2) is 4.39 Å². The molecule has 1 atom stereocenters. The molecule has 5 nitrogen and oxygen atoms in total. The van der Waals surface area contributed by atoms with Crippen molar-refractivity contribution in [3.63, 3.8) is 0 Å². The number of aliphatic hydroxyl groups excluding tert-OH is 1. The van der Waals surface area contributed by atoms with E-state index in [9.17, 15) is 9.50 Å². The predicted molar refractivity (Wildman–Crippen MR) is 123 cm³/mol. The first-order valence-electron chi connectivity index (χ1n) is 10.6. The van der Waals surface area contributed by atoms with E-state index in [0.717, 1.165) is 30.9 Å². The van der Waals surface area contributed by atoms with Gasteiger partial charge in [0.05, 0.1) is 5.69 Å². The Balaban J connectivity index is 1.47. The van der Waals surface area contributed by atoms with Gasteiger partial charge in [-0.15, -0.1) is 6.42 Å². The number of hydrogen-bond donors (Lipinski definition) is 1. The van der Waals surface area contributed by atoms with Crippen molar-refractivity contribution in [3.05, 3.63) is 89.5 Å². The molecule has 0 unspecified atom stereocenters. The number of aromatic nitrogens is 1. The number of ether oxygens (including phenoxy) is 1. The normalized spacial score (nSPS) is 15.2. The number of halogens is 1. The summed E-state index contributed by atoms with van der Waals surface area (Å²) in [5.74, 6) is 2.97. The number of rotatable bonds is 7. The van der Waals surface area contributed by atoms with Crippen LogP contribution in [0, 0.1) is 18.2 Å². The molecule has 0 spiro atoms. The summed E-state index contributed by atoms with van der Waals surface area (Å²) in [4.78, 5) is 8.40. The van der Waals surface area contributed by atoms with Crippen LogP contribution in [-0.2, 0) is 6.54 Å². The third-order valence-corrected chi connectivity index (χ3v) is 5.68. The lowest BCUT2D eigenvalue weighted by atomic mass is 9.99. The van der Waals surface area contributed by atoms with Gasteiger partial charge < -0.3 is 14.7 Å². The van der Waals surface area contributed by atoms with Gasteiger partial charge in [-0.3, -0.25) is 9.88 Å². The summed E-state index contributed by atoms with van der Waals surface area (Å²) in [5.41, 5.74) is 2.73. The Hall–Kier alpha value is -3.40. The van der Waals surface area contributed by atoms with Crippen molar-refractivity contribution in [3.8, 4) is 18.1 Å². The number of pyridine rings is 1. The first-order valence-corrected chi connectivity index (χ1v) is 10.6. The SMILES string of the molecule is C#CCOc1ccccc1CN1CCN(c2c(F)cccc2[C@@H](O)c2cccnc2)CC1. The molecular formula is C26H26FN3O2. The molecule has 164 valence electrons. The molecule has 2 heterocycles. The molecule has 0 amide bonds. The fourth-order valence-electron chi connectivity index (χ4n) is 4.07. The second-order valence-electron chi connectivity index (χ2n) is 7.73. The van der Waals surface area contributed by atoms with Crippen molar-refractivity contribution in [1.82, 2.24) is 9.88 Å². The summed E-state index contributed by atoms with van der Waals surface area (Å²) in [6.07, 6.45) is 7.64. The average molecular weight is 432 g/mol. The van der Waals surface area contributed by atoms with Crippen molar-refractivity contribution in [2.75, 3.05) is 37.7 Å². The van der Waals surface area contributed by atoms with E-state index in [1.54, 1.807) is 36.7 Å². The summed E-state index contributed by atoms with van der Waals surface area (Å²) >= 11 is 0. The quantitative estimate of drug-likeness (QED) is 0.579. The average Bonchev–Trinajstić information content (AvgIpc) is 2.84. The number of benzene rings is 2. The minimum atomic E-state index is -0.937. The molecule has 2 aromatic carbocycles. The lowest BCUT2D eigenvalue weighted by molar-refractivity contribution is 0.217. The van der Waals surface area contributed by atoms with Crippen LogP contribution in [-0.4, -0.2) is 47.8 Å². The van der Waals surface area contributed by atoms with Crippen LogP contribution in [0.15, 0.2) is 67.0 Å². The third kappa shape index (κ3) is 4.91. The molecular weight excluding hydrogens is 405 g/mol. The Morgan fingerprint density at radius 2 is 1.88 bits per heavy atom. The van der Waals surface area contributed by atoms with Gasteiger partial charge in [0.2, 0.25) is 0 Å². The molecule has 1 aromatic heterocycles. The van der Waals surface area contributed by atoms with E-state index < -0.39 is 6.10 Å². The molecule has 1 N–H and O–H groups in total. The number of terminal acetylenes is 1. The van der Waals surface area contributed by atoms with E-state index >= 15 is 0 Å². The highest BCUT2D eigenvalue weighted by molar-refractivity contribution is 5.58. The van der Waals surface area contributed by atoms with Crippen LogP contribution in [0.4, 0.5) is 10.1 Å². The highest BCUT2D eigenvalue weighted by Gasteiger charge is 2.25. The van der Waals surface area contributed by atoms with Crippen LogP contribution in [0.5, 0.6) is 5.75 Å². The zero-order chi connectivity index (χ0) is 22.3. The molecule has 32 heavy (non-hydrogen) atoms. The van der Waals surface area contributed by atoms with E-state index in [1.807, 2.05) is 29.2 Å². The standard InChI is InChI=1S/C26H26FN3O2/c1-2-17-32-24-11-4-3-7-21(24)19-29-13-15-30(16-14-29)25-22(9-5-10-23(25)27)26(31)20-8-6-12-28-18-20/h1,3-12,18,26,31H,13-17,19H2/t26-/m0/s1. The van der Waals surface area contributed by atoms with Crippen LogP contribution in [0.25, 0.3) is 0 Å². The summed E-state index contributed by atoms with van der Waals surface area (Å²) in [5, 5.41) is 10.9. The summed E-state index contributed by atoms with van der Waals surface area (Å²) in [7, 11) is 0. The molecule has 6 heteroatoms. The van der Waals surface area contributed by atoms with Crippen LogP contribution >= 0.6 is 0 Å². The highest BCUT2D eigenvalue weighted by atomic mass is 19.1. The molecule has 1 fully saturated rings. The molecule has 4 rings (SSSR count). The van der Waals surface area contributed by atoms with E-state index in [2.05, 4.69) is 15.8 Å². The van der Waals surface area contributed by atoms with Gasteiger partial charge in [-0.2, -0.15) is 0 Å². The Morgan fingerprint density at radius 1 is 1.06 bits per heavy atom. The summed E-state index contributed by atoms with van der Waals surface area (Å²) in [6, 6.07) is 16.3. The van der Waals surface area contributed by atoms with E-state index in [0.29, 0.717) is 29.9 Å². The van der Waals surface area contributed by atoms with Crippen molar-refractivity contribution < 1.29 is 14.2 Å². The summed E-state index contributed by atoms with van der Waals surface area (Å²) in [6.45, 7) is 3.81. The fraction of sp³-hybridized carbons (Fsp3) is 0.269. The van der Waals surface area contributed by atoms with Gasteiger partial charge in [-0.1, -0.05) is 42.3 Å². The van der Waals surface area contributed by atoms with Gasteiger partial charge in [0, 0.05) is 61.8 Å². The Kier molecular flexibility index (Phi) is 7.00. The monoisotopic (exact) mass is 431 g/mol. The molecule has 1 aliphatic heterocycles. The van der Waals surface area contributed by atoms with Crippen LogP contribution in [0.1, 0.15) is 22.8 Å². The van der Waals surface area contributed by atoms with Gasteiger partial charge in [-0.05, 0) is 18.2 Å². The van der Waals surface area contributed by atoms with E-state index in [1.165, 1.54) is 6.07 Å². The number of hydrogen-bond acceptors (Lipinski definition) is 5. The zero-order valence-electron chi connectivity index (χ0n) is 17.8. The van der Waals surface area contributed by atoms with Crippen molar-refractivity contribution >= 4 is 5.69 Å². The van der Waals surface area contributed by atoms with Gasteiger partial charge in [0.1, 0.15) is 24.3 Å². The van der Waals surface area contributed by atoms with Gasteiger partial charge >= 0.3 is 0 Å². The second-order valence-corrected chi connectivity index (χ2v) is 7.73. The lowest BCUT2D eigenvalue weighted by Crippen LogP contribution is -2.46. The van der Waals surface area contributed by atoms with Gasteiger partial charge in [0.15, 0.2) is 0 Å². The lowest BCUT2D eigenvalue weighted by Gasteiger charge is -2.37. The number of nitrogens with zero attached hydrogens (tertiary/aromatic N) is 3. The first-order chi connectivity index (χ1) is 15.7. The highest BCUT2D eigenvalue weighted by Crippen LogP contribution is 2.33. The summed E-state index contributed by atoms with van der Waals surface area (Å²) < 4.78 is 20.6. The molecule has 3 aromatic rings. The van der Waals surface area contributed by atoms with Crippen molar-refractivity contribution in [1.29, 1.82) is 0 Å². The molecule has 1 aliphatic rings. The Morgan fingerprint density at radius 3 is 2.62 bits per heavy atom. The molecule has 0 saturated carbocycles. The third-order valence-electron chi connectivity index (χ3n) is 5.68. The predicted octanol–water partition coefficient (Wildman–Crippen LogP) is 3.64. The largest absolute Gasteiger partial charge is 0.481 e. The Labute approximate surface area is 188 Å². The van der Waals surface area contributed by atoms with E-state index in [-0.39, 0.29) is 12.4 Å². The first kappa shape index (κ1) is 21.8. The molecule has 0 aliphatic carbocycles. The van der Waals surface area contributed by atoms with Crippen LogP contribution in [0.3, 0.4) is 0 Å². The van der Waals surface area contributed by atoms with Crippen LogP contribution in [0.2, 0.25) is 0 Å². The fourth-order valence-corrected chi connectivity index (χ4v) is 4.07. The minimum absolute atomic E-state index is 0.236. The Bertz CT molecular complexity index is 1080. The number of para-hydroxylation sites is 2. The minimum Gasteiger partial charge on any atom is -0.481 e. The van der Waals surface area contributed by atoms with Crippen LogP contribution < -0.4 is 9.64 Å². The maximum Gasteiger partial charge on any atom is 0.148 e. The molecule has 1 saturated heterocycles. The smallest absolute Gasteiger partial charge is 0.148 e. The number of piperazine rings is 1. The maximum absolute atomic E-state index is 14.9. The number of anilines is 1. The molecule has 0 radical (unpaired) electrons. The number of aliphatic hydroxyl groups is 1. The van der Waals surface area contributed by atoms with Gasteiger partial charge in [0.25, 0.3) is 0 Å². The maximum atomic E-state index is 14.9. The topological polar surface area (TPSA) is 48.8 Å². The molecule has 0 bridgehead atoms. The van der Waals surface area contributed by atoms with E-state index in [4.69, 9.17) is 11.2 Å². The van der Waals surface area contributed by atoms with Crippen molar-refractivity contribution in [2.45, 2.75) is 12.6 Å². The van der Waals surface area contributed by atoms with Crippen molar-refractivity contribution in [2.24, 2.45) is 0 Å². The second kappa shape index (κ2) is 10.3.